The van der Waals surface area contributed by atoms with Gasteiger partial charge in [0.25, 0.3) is 15.9 Å². The molecule has 0 radical (unpaired) electrons. The molecule has 0 unspecified atom stereocenters. The number of halogens is 2. The maximum Gasteiger partial charge on any atom is 0.264 e. The molecule has 1 heterocycles. The Morgan fingerprint density at radius 3 is 2.43 bits per heavy atom. The first-order chi connectivity index (χ1) is 17.7. The van der Waals surface area contributed by atoms with Crippen molar-refractivity contribution >= 4 is 55.4 Å². The molecule has 0 atom stereocenters. The van der Waals surface area contributed by atoms with Crippen molar-refractivity contribution in [2.24, 2.45) is 5.10 Å². The number of benzene rings is 3. The van der Waals surface area contributed by atoms with E-state index in [4.69, 9.17) is 11.6 Å². The average Bonchev–Trinajstić information content (AvgIpc) is 3.16. The van der Waals surface area contributed by atoms with Crippen LogP contribution >= 0.6 is 27.5 Å². The van der Waals surface area contributed by atoms with Crippen LogP contribution < -0.4 is 9.73 Å². The molecule has 1 amide bonds. The number of hydrogen-bond donors (Lipinski definition) is 1. The highest BCUT2D eigenvalue weighted by Gasteiger charge is 2.27. The minimum atomic E-state index is -4.00. The van der Waals surface area contributed by atoms with Crippen molar-refractivity contribution in [1.82, 2.24) is 9.99 Å². The van der Waals surface area contributed by atoms with Crippen LogP contribution in [0.5, 0.6) is 0 Å². The molecule has 0 spiro atoms. The lowest BCUT2D eigenvalue weighted by Gasteiger charge is -2.23. The molecule has 0 fully saturated rings. The van der Waals surface area contributed by atoms with Gasteiger partial charge in [-0.25, -0.2) is 13.8 Å². The van der Waals surface area contributed by atoms with Crippen LogP contribution in [-0.4, -0.2) is 31.7 Å². The first-order valence-electron chi connectivity index (χ1n) is 11.3. The number of carbonyl (C=O) groups is 1. The van der Waals surface area contributed by atoms with Crippen LogP contribution in [0, 0.1) is 13.8 Å². The van der Waals surface area contributed by atoms with Crippen molar-refractivity contribution in [1.29, 1.82) is 0 Å². The van der Waals surface area contributed by atoms with Crippen molar-refractivity contribution in [3.63, 3.8) is 0 Å². The Morgan fingerprint density at radius 1 is 1.03 bits per heavy atom. The van der Waals surface area contributed by atoms with Crippen molar-refractivity contribution in [2.75, 3.05) is 10.8 Å². The van der Waals surface area contributed by atoms with Crippen molar-refractivity contribution < 1.29 is 13.2 Å². The number of aryl methyl sites for hydroxylation is 1. The average molecular weight is 600 g/mol. The number of aromatic nitrogens is 1. The monoisotopic (exact) mass is 598 g/mol. The molecule has 0 aliphatic carbocycles. The Hall–Kier alpha value is -3.40. The predicted octanol–water partition coefficient (Wildman–Crippen LogP) is 5.86. The lowest BCUT2D eigenvalue weighted by atomic mass is 10.2. The first-order valence-corrected chi connectivity index (χ1v) is 13.9. The topological polar surface area (TPSA) is 83.8 Å². The van der Waals surface area contributed by atoms with Crippen LogP contribution in [0.25, 0.3) is 5.69 Å². The minimum absolute atomic E-state index is 0.0817. The van der Waals surface area contributed by atoms with Crippen LogP contribution in [0.15, 0.2) is 99.4 Å². The summed E-state index contributed by atoms with van der Waals surface area (Å²) < 4.78 is 30.6. The van der Waals surface area contributed by atoms with Gasteiger partial charge in [-0.1, -0.05) is 63.9 Å². The number of amides is 1. The van der Waals surface area contributed by atoms with Gasteiger partial charge in [-0.15, -0.1) is 0 Å². The van der Waals surface area contributed by atoms with E-state index in [2.05, 4.69) is 26.5 Å². The summed E-state index contributed by atoms with van der Waals surface area (Å²) in [6, 6.07) is 24.2. The Kier molecular flexibility index (Phi) is 8.16. The number of hydrogen-bond acceptors (Lipinski definition) is 4. The molecule has 7 nitrogen and oxygen atoms in total. The fourth-order valence-electron chi connectivity index (χ4n) is 3.93. The van der Waals surface area contributed by atoms with E-state index in [0.717, 1.165) is 26.9 Å². The van der Waals surface area contributed by atoms with Gasteiger partial charge in [-0.3, -0.25) is 9.10 Å². The molecular weight excluding hydrogens is 576 g/mol. The van der Waals surface area contributed by atoms with Gasteiger partial charge in [0.05, 0.1) is 27.5 Å². The maximum atomic E-state index is 13.4. The molecule has 1 N–H and O–H groups in total. The second kappa shape index (κ2) is 11.3. The first kappa shape index (κ1) is 26.7. The van der Waals surface area contributed by atoms with E-state index < -0.39 is 22.5 Å². The van der Waals surface area contributed by atoms with Gasteiger partial charge in [0.2, 0.25) is 0 Å². The Balaban J connectivity index is 1.55. The van der Waals surface area contributed by atoms with Gasteiger partial charge < -0.3 is 4.57 Å². The summed E-state index contributed by atoms with van der Waals surface area (Å²) >= 11 is 9.75. The molecule has 1 aromatic heterocycles. The predicted molar refractivity (Wildman–Crippen MR) is 151 cm³/mol. The van der Waals surface area contributed by atoms with Gasteiger partial charge >= 0.3 is 0 Å². The second-order valence-corrected chi connectivity index (χ2v) is 11.4. The number of rotatable bonds is 8. The minimum Gasteiger partial charge on any atom is -0.316 e. The molecule has 0 saturated heterocycles. The second-order valence-electron chi connectivity index (χ2n) is 8.21. The third-order valence-electron chi connectivity index (χ3n) is 5.67. The molecule has 0 aliphatic heterocycles. The third-order valence-corrected chi connectivity index (χ3v) is 8.27. The largest absolute Gasteiger partial charge is 0.316 e. The summed E-state index contributed by atoms with van der Waals surface area (Å²) in [5.41, 5.74) is 6.28. The number of carbonyl (C=O) groups excluding carboxylic acids is 1. The Morgan fingerprint density at radius 2 is 1.73 bits per heavy atom. The highest BCUT2D eigenvalue weighted by Crippen LogP contribution is 2.27. The van der Waals surface area contributed by atoms with Crippen LogP contribution in [0.2, 0.25) is 5.02 Å². The van der Waals surface area contributed by atoms with Crippen LogP contribution in [0.4, 0.5) is 5.69 Å². The molecule has 10 heteroatoms. The fourth-order valence-corrected chi connectivity index (χ4v) is 5.97. The lowest BCUT2D eigenvalue weighted by molar-refractivity contribution is -0.119. The summed E-state index contributed by atoms with van der Waals surface area (Å²) in [7, 11) is -4.00. The SMILES string of the molecule is Cc1cc(/C=N\NC(=O)CN(c2cccc(Br)c2)S(=O)(=O)c2ccccc2)c(C)n1-c1ccccc1Cl. The fraction of sp³-hybridized carbons (Fsp3) is 0.111. The molecule has 3 aromatic carbocycles. The molecular formula is C27H24BrClN4O3S. The van der Waals surface area contributed by atoms with Crippen LogP contribution in [0.3, 0.4) is 0 Å². The van der Waals surface area contributed by atoms with E-state index >= 15 is 0 Å². The van der Waals surface area contributed by atoms with Crippen LogP contribution in [0.1, 0.15) is 17.0 Å². The van der Waals surface area contributed by atoms with Gasteiger partial charge in [0.1, 0.15) is 6.54 Å². The van der Waals surface area contributed by atoms with Crippen molar-refractivity contribution in [2.45, 2.75) is 18.7 Å². The van der Waals surface area contributed by atoms with E-state index in [9.17, 15) is 13.2 Å². The molecule has 0 bridgehead atoms. The van der Waals surface area contributed by atoms with Gasteiger partial charge in [0, 0.05) is 21.4 Å². The standard InChI is InChI=1S/C27H24BrClN4O3S/c1-19-15-21(20(2)33(19)26-14-7-6-13-25(26)29)17-30-31-27(34)18-32(23-10-8-9-22(28)16-23)37(35,36)24-11-4-3-5-12-24/h3-17H,18H2,1-2H3,(H,31,34)/b30-17-. The van der Waals surface area contributed by atoms with E-state index in [1.165, 1.54) is 18.3 Å². The number of hydrazone groups is 1. The molecule has 37 heavy (non-hydrogen) atoms. The summed E-state index contributed by atoms with van der Waals surface area (Å²) in [6.45, 7) is 3.43. The number of para-hydroxylation sites is 1. The summed E-state index contributed by atoms with van der Waals surface area (Å²) in [5.74, 6) is -0.587. The van der Waals surface area contributed by atoms with Crippen molar-refractivity contribution in [3.8, 4) is 5.69 Å². The third kappa shape index (κ3) is 5.95. The Labute approximate surface area is 229 Å². The maximum absolute atomic E-state index is 13.4. The number of anilines is 1. The molecule has 4 aromatic rings. The molecule has 0 saturated carbocycles. The number of sulfonamides is 1. The zero-order valence-electron chi connectivity index (χ0n) is 20.1. The molecule has 0 aliphatic rings. The quantitative estimate of drug-likeness (QED) is 0.204. The zero-order chi connectivity index (χ0) is 26.6. The summed E-state index contributed by atoms with van der Waals surface area (Å²) in [4.78, 5) is 12.9. The van der Waals surface area contributed by atoms with Gasteiger partial charge in [-0.05, 0) is 62.4 Å². The van der Waals surface area contributed by atoms with E-state index in [1.807, 2.05) is 48.7 Å². The normalized spacial score (nSPS) is 11.6. The van der Waals surface area contributed by atoms with Crippen molar-refractivity contribution in [3.05, 3.63) is 111 Å². The highest BCUT2D eigenvalue weighted by atomic mass is 79.9. The van der Waals surface area contributed by atoms with Gasteiger partial charge in [-0.2, -0.15) is 5.10 Å². The van der Waals surface area contributed by atoms with E-state index in [0.29, 0.717) is 15.2 Å². The summed E-state index contributed by atoms with van der Waals surface area (Å²) in [6.07, 6.45) is 1.53. The van der Waals surface area contributed by atoms with E-state index in [-0.39, 0.29) is 4.90 Å². The van der Waals surface area contributed by atoms with E-state index in [1.54, 1.807) is 42.5 Å². The smallest absolute Gasteiger partial charge is 0.264 e. The number of nitrogens with zero attached hydrogens (tertiary/aromatic N) is 3. The highest BCUT2D eigenvalue weighted by molar-refractivity contribution is 9.10. The molecule has 190 valence electrons. The van der Waals surface area contributed by atoms with Gasteiger partial charge in [0.15, 0.2) is 0 Å². The molecule has 4 rings (SSSR count). The zero-order valence-corrected chi connectivity index (χ0v) is 23.3. The number of nitrogens with one attached hydrogen (secondary N) is 1. The van der Waals surface area contributed by atoms with Crippen LogP contribution in [-0.2, 0) is 14.8 Å². The Bertz CT molecular complexity index is 1570. The lowest BCUT2D eigenvalue weighted by Crippen LogP contribution is -2.39. The summed E-state index contributed by atoms with van der Waals surface area (Å²) in [5, 5.41) is 4.71.